The average Bonchev–Trinajstić information content (AvgIpc) is 2.16. The standard InChI is InChI=1S/C9H21NO3/c1-8(5-4-6-11)10-7-9(12-2)13-3/h8-11H,4-7H2,1-3H3. The van der Waals surface area contributed by atoms with Gasteiger partial charge in [0.2, 0.25) is 0 Å². The van der Waals surface area contributed by atoms with Crippen LogP contribution in [-0.2, 0) is 9.47 Å². The average molecular weight is 191 g/mol. The van der Waals surface area contributed by atoms with Crippen molar-refractivity contribution >= 4 is 0 Å². The summed E-state index contributed by atoms with van der Waals surface area (Å²) in [5, 5.41) is 11.9. The van der Waals surface area contributed by atoms with E-state index in [1.54, 1.807) is 14.2 Å². The number of hydrogen-bond acceptors (Lipinski definition) is 4. The zero-order chi connectivity index (χ0) is 10.1. The number of ether oxygens (including phenoxy) is 2. The molecular formula is C9H21NO3. The van der Waals surface area contributed by atoms with Crippen LogP contribution in [0.3, 0.4) is 0 Å². The Hall–Kier alpha value is -0.160. The summed E-state index contributed by atoms with van der Waals surface area (Å²) in [6, 6.07) is 0.389. The summed E-state index contributed by atoms with van der Waals surface area (Å²) < 4.78 is 10.0. The van der Waals surface area contributed by atoms with E-state index in [1.807, 2.05) is 0 Å². The van der Waals surface area contributed by atoms with Crippen LogP contribution in [0.2, 0.25) is 0 Å². The second-order valence-electron chi connectivity index (χ2n) is 3.08. The number of hydrogen-bond donors (Lipinski definition) is 2. The molecule has 0 radical (unpaired) electrons. The van der Waals surface area contributed by atoms with Gasteiger partial charge in [-0.3, -0.25) is 0 Å². The van der Waals surface area contributed by atoms with Crippen molar-refractivity contribution in [2.75, 3.05) is 27.4 Å². The van der Waals surface area contributed by atoms with Gasteiger partial charge in [-0.05, 0) is 19.8 Å². The van der Waals surface area contributed by atoms with Gasteiger partial charge in [0.25, 0.3) is 0 Å². The summed E-state index contributed by atoms with van der Waals surface area (Å²) in [5.41, 5.74) is 0. The van der Waals surface area contributed by atoms with Crippen molar-refractivity contribution in [3.63, 3.8) is 0 Å². The van der Waals surface area contributed by atoms with Gasteiger partial charge in [0.15, 0.2) is 6.29 Å². The minimum Gasteiger partial charge on any atom is -0.396 e. The van der Waals surface area contributed by atoms with Crippen LogP contribution in [0.15, 0.2) is 0 Å². The molecule has 0 amide bonds. The molecule has 80 valence electrons. The van der Waals surface area contributed by atoms with E-state index >= 15 is 0 Å². The molecule has 0 rings (SSSR count). The molecule has 0 aliphatic rings. The number of nitrogens with one attached hydrogen (secondary N) is 1. The fourth-order valence-corrected chi connectivity index (χ4v) is 1.06. The Labute approximate surface area is 80.2 Å². The first-order chi connectivity index (χ1) is 6.24. The molecule has 2 N–H and O–H groups in total. The van der Waals surface area contributed by atoms with E-state index in [4.69, 9.17) is 14.6 Å². The molecule has 0 saturated heterocycles. The Balaban J connectivity index is 3.38. The minimum atomic E-state index is -0.184. The summed E-state index contributed by atoms with van der Waals surface area (Å²) in [7, 11) is 3.24. The summed E-state index contributed by atoms with van der Waals surface area (Å²) in [6.45, 7) is 3.02. The van der Waals surface area contributed by atoms with Crippen molar-refractivity contribution in [3.8, 4) is 0 Å². The van der Waals surface area contributed by atoms with Crippen LogP contribution in [0.1, 0.15) is 19.8 Å². The van der Waals surface area contributed by atoms with E-state index in [-0.39, 0.29) is 12.9 Å². The van der Waals surface area contributed by atoms with Gasteiger partial charge >= 0.3 is 0 Å². The van der Waals surface area contributed by atoms with Crippen molar-refractivity contribution in [2.24, 2.45) is 0 Å². The molecule has 0 aromatic carbocycles. The lowest BCUT2D eigenvalue weighted by atomic mass is 10.2. The van der Waals surface area contributed by atoms with Crippen molar-refractivity contribution in [3.05, 3.63) is 0 Å². The topological polar surface area (TPSA) is 50.7 Å². The first-order valence-electron chi connectivity index (χ1n) is 4.64. The Morgan fingerprint density at radius 1 is 1.31 bits per heavy atom. The molecule has 13 heavy (non-hydrogen) atoms. The van der Waals surface area contributed by atoms with Crippen LogP contribution in [0.25, 0.3) is 0 Å². The molecule has 0 saturated carbocycles. The van der Waals surface area contributed by atoms with Crippen molar-refractivity contribution in [1.82, 2.24) is 5.32 Å². The van der Waals surface area contributed by atoms with Crippen LogP contribution >= 0.6 is 0 Å². The maximum absolute atomic E-state index is 8.61. The number of aliphatic hydroxyl groups is 1. The van der Waals surface area contributed by atoms with E-state index in [0.29, 0.717) is 12.6 Å². The lowest BCUT2D eigenvalue weighted by Gasteiger charge is -2.18. The van der Waals surface area contributed by atoms with Crippen molar-refractivity contribution < 1.29 is 14.6 Å². The number of rotatable bonds is 8. The van der Waals surface area contributed by atoms with E-state index in [9.17, 15) is 0 Å². The highest BCUT2D eigenvalue weighted by molar-refractivity contribution is 4.61. The summed E-state index contributed by atoms with van der Waals surface area (Å²) in [6.07, 6.45) is 1.62. The molecule has 4 nitrogen and oxygen atoms in total. The first-order valence-corrected chi connectivity index (χ1v) is 4.64. The molecule has 0 aromatic heterocycles. The lowest BCUT2D eigenvalue weighted by molar-refractivity contribution is -0.0997. The third-order valence-corrected chi connectivity index (χ3v) is 1.95. The molecule has 1 atom stereocenters. The molecule has 4 heteroatoms. The molecule has 1 unspecified atom stereocenters. The fourth-order valence-electron chi connectivity index (χ4n) is 1.06. The maximum atomic E-state index is 8.61. The van der Waals surface area contributed by atoms with Gasteiger partial charge in [-0.15, -0.1) is 0 Å². The fraction of sp³-hybridized carbons (Fsp3) is 1.00. The zero-order valence-electron chi connectivity index (χ0n) is 8.75. The van der Waals surface area contributed by atoms with Crippen LogP contribution in [0.5, 0.6) is 0 Å². The van der Waals surface area contributed by atoms with Crippen molar-refractivity contribution in [2.45, 2.75) is 32.1 Å². The van der Waals surface area contributed by atoms with E-state index < -0.39 is 0 Å². The van der Waals surface area contributed by atoms with Crippen LogP contribution < -0.4 is 5.32 Å². The lowest BCUT2D eigenvalue weighted by Crippen LogP contribution is -2.35. The minimum absolute atomic E-state index is 0.184. The third-order valence-electron chi connectivity index (χ3n) is 1.95. The van der Waals surface area contributed by atoms with E-state index in [0.717, 1.165) is 12.8 Å². The Bertz CT molecular complexity index is 107. The smallest absolute Gasteiger partial charge is 0.169 e. The van der Waals surface area contributed by atoms with Gasteiger partial charge in [0, 0.05) is 33.4 Å². The van der Waals surface area contributed by atoms with Gasteiger partial charge in [-0.1, -0.05) is 0 Å². The molecule has 0 aliphatic heterocycles. The molecule has 0 bridgehead atoms. The van der Waals surface area contributed by atoms with E-state index in [1.165, 1.54) is 0 Å². The number of aliphatic hydroxyl groups excluding tert-OH is 1. The summed E-state index contributed by atoms with van der Waals surface area (Å²) >= 11 is 0. The molecule has 0 aliphatic carbocycles. The van der Waals surface area contributed by atoms with Crippen LogP contribution in [-0.4, -0.2) is 44.8 Å². The number of methoxy groups -OCH3 is 2. The molecule has 0 aromatic rings. The van der Waals surface area contributed by atoms with Crippen LogP contribution in [0.4, 0.5) is 0 Å². The second kappa shape index (κ2) is 8.44. The third kappa shape index (κ3) is 6.95. The van der Waals surface area contributed by atoms with Gasteiger partial charge < -0.3 is 19.9 Å². The normalized spacial score (nSPS) is 13.6. The first kappa shape index (κ1) is 12.8. The molecule has 0 fully saturated rings. The summed E-state index contributed by atoms with van der Waals surface area (Å²) in [5.74, 6) is 0. The quantitative estimate of drug-likeness (QED) is 0.544. The SMILES string of the molecule is COC(CNC(C)CCCO)OC. The molecule has 0 spiro atoms. The highest BCUT2D eigenvalue weighted by Gasteiger charge is 2.06. The van der Waals surface area contributed by atoms with Gasteiger partial charge in [0.05, 0.1) is 0 Å². The molecule has 0 heterocycles. The monoisotopic (exact) mass is 191 g/mol. The second-order valence-corrected chi connectivity index (χ2v) is 3.08. The van der Waals surface area contributed by atoms with Gasteiger partial charge in [-0.25, -0.2) is 0 Å². The highest BCUT2D eigenvalue weighted by atomic mass is 16.7. The highest BCUT2D eigenvalue weighted by Crippen LogP contribution is 1.96. The predicted molar refractivity (Wildman–Crippen MR) is 51.6 cm³/mol. The largest absolute Gasteiger partial charge is 0.396 e. The molecular weight excluding hydrogens is 170 g/mol. The van der Waals surface area contributed by atoms with Gasteiger partial charge in [-0.2, -0.15) is 0 Å². The Morgan fingerprint density at radius 2 is 1.92 bits per heavy atom. The summed E-state index contributed by atoms with van der Waals surface area (Å²) in [4.78, 5) is 0. The van der Waals surface area contributed by atoms with Crippen LogP contribution in [0, 0.1) is 0 Å². The van der Waals surface area contributed by atoms with Crippen molar-refractivity contribution in [1.29, 1.82) is 0 Å². The zero-order valence-corrected chi connectivity index (χ0v) is 8.75. The Kier molecular flexibility index (Phi) is 8.33. The maximum Gasteiger partial charge on any atom is 0.169 e. The van der Waals surface area contributed by atoms with Gasteiger partial charge in [0.1, 0.15) is 0 Å². The Morgan fingerprint density at radius 3 is 2.38 bits per heavy atom. The van der Waals surface area contributed by atoms with E-state index in [2.05, 4.69) is 12.2 Å². The predicted octanol–water partition coefficient (Wildman–Crippen LogP) is 0.356.